The van der Waals surface area contributed by atoms with Gasteiger partial charge in [0.15, 0.2) is 17.4 Å². The van der Waals surface area contributed by atoms with E-state index in [1.165, 1.54) is 0 Å². The molecule has 2 N–H and O–H groups in total. The molecule has 1 aromatic rings. The first kappa shape index (κ1) is 18.3. The predicted molar refractivity (Wildman–Crippen MR) is 79.5 cm³/mol. The zero-order valence-corrected chi connectivity index (χ0v) is 13.6. The maximum absolute atomic E-state index is 13.4. The number of rotatable bonds is 9. The Hall–Kier alpha value is -0.760. The molecule has 1 aromatic carbocycles. The fourth-order valence-corrected chi connectivity index (χ4v) is 1.92. The van der Waals surface area contributed by atoms with Crippen LogP contribution in [0.5, 0.6) is 5.75 Å². The summed E-state index contributed by atoms with van der Waals surface area (Å²) < 4.78 is 37.4. The molecule has 0 aliphatic heterocycles. The molecule has 4 nitrogen and oxygen atoms in total. The van der Waals surface area contributed by atoms with Gasteiger partial charge in [0, 0.05) is 17.1 Å². The molecule has 0 bridgehead atoms. The van der Waals surface area contributed by atoms with Gasteiger partial charge in [-0.1, -0.05) is 29.8 Å². The molecule has 0 saturated heterocycles. The van der Waals surface area contributed by atoms with Crippen molar-refractivity contribution in [1.82, 2.24) is 5.32 Å². The van der Waals surface area contributed by atoms with E-state index in [4.69, 9.17) is 9.47 Å². The van der Waals surface area contributed by atoms with Crippen molar-refractivity contribution in [2.75, 3.05) is 26.4 Å². The average molecular weight is 368 g/mol. The van der Waals surface area contributed by atoms with Crippen molar-refractivity contribution in [2.45, 2.75) is 26.0 Å². The topological polar surface area (TPSA) is 50.7 Å². The van der Waals surface area contributed by atoms with Crippen LogP contribution in [0.25, 0.3) is 0 Å². The third-order valence-electron chi connectivity index (χ3n) is 2.51. The van der Waals surface area contributed by atoms with Gasteiger partial charge in [0.05, 0.1) is 19.3 Å². The lowest BCUT2D eigenvalue weighted by atomic mass is 10.3. The van der Waals surface area contributed by atoms with Crippen LogP contribution >= 0.6 is 15.9 Å². The summed E-state index contributed by atoms with van der Waals surface area (Å²) in [5, 5.41) is 12.6. The van der Waals surface area contributed by atoms with E-state index in [-0.39, 0.29) is 25.9 Å². The van der Waals surface area contributed by atoms with Crippen LogP contribution in [0.1, 0.15) is 13.8 Å². The second-order valence-corrected chi connectivity index (χ2v) is 5.75. The molecule has 0 unspecified atom stereocenters. The second kappa shape index (κ2) is 9.30. The molecule has 1 rings (SSSR count). The fraction of sp³-hybridized carbons (Fsp3) is 0.571. The second-order valence-electron chi connectivity index (χ2n) is 4.84. The molecule has 0 aliphatic carbocycles. The van der Waals surface area contributed by atoms with E-state index in [1.807, 2.05) is 13.8 Å². The van der Waals surface area contributed by atoms with Gasteiger partial charge in [-0.25, -0.2) is 8.78 Å². The summed E-state index contributed by atoms with van der Waals surface area (Å²) in [6, 6.07) is 2.53. The molecule has 0 amide bonds. The van der Waals surface area contributed by atoms with Gasteiger partial charge in [-0.05, 0) is 12.1 Å². The highest BCUT2D eigenvalue weighted by Crippen LogP contribution is 2.25. The molecule has 0 fully saturated rings. The molecule has 0 heterocycles. The SMILES string of the molecule is CC(C)NC[C@H](O)COCCOc1c(F)cc(Br)cc1F. The zero-order chi connectivity index (χ0) is 15.8. The minimum atomic E-state index is -0.775. The van der Waals surface area contributed by atoms with Gasteiger partial charge in [0.25, 0.3) is 0 Å². The lowest BCUT2D eigenvalue weighted by Crippen LogP contribution is -2.34. The molecule has 7 heteroatoms. The number of halogens is 3. The van der Waals surface area contributed by atoms with Crippen molar-refractivity contribution in [3.63, 3.8) is 0 Å². The van der Waals surface area contributed by atoms with E-state index in [0.29, 0.717) is 11.0 Å². The normalized spacial score (nSPS) is 12.7. The highest BCUT2D eigenvalue weighted by molar-refractivity contribution is 9.10. The van der Waals surface area contributed by atoms with Crippen LogP contribution in [0, 0.1) is 11.6 Å². The summed E-state index contributed by atoms with van der Waals surface area (Å²) in [6.45, 7) is 4.64. The first-order chi connectivity index (χ1) is 9.90. The standard InChI is InChI=1S/C14H20BrF2NO3/c1-9(2)18-7-11(19)8-20-3-4-21-14-12(16)5-10(15)6-13(14)17/h5-6,9,11,18-19H,3-4,7-8H2,1-2H3/t11-/m0/s1. The first-order valence-electron chi connectivity index (χ1n) is 6.66. The molecule has 0 saturated carbocycles. The third-order valence-corrected chi connectivity index (χ3v) is 2.97. The molecular formula is C14H20BrF2NO3. The van der Waals surface area contributed by atoms with Crippen molar-refractivity contribution in [3.8, 4) is 5.75 Å². The quantitative estimate of drug-likeness (QED) is 0.658. The van der Waals surface area contributed by atoms with Crippen LogP contribution in [-0.2, 0) is 4.74 Å². The maximum Gasteiger partial charge on any atom is 0.190 e. The Bertz CT molecular complexity index is 423. The van der Waals surface area contributed by atoms with Gasteiger partial charge in [-0.15, -0.1) is 0 Å². The van der Waals surface area contributed by atoms with Crippen LogP contribution in [0.15, 0.2) is 16.6 Å². The number of aliphatic hydroxyl groups is 1. The summed E-state index contributed by atoms with van der Waals surface area (Å²) in [6.07, 6.45) is -0.631. The Labute approximate surface area is 131 Å². The van der Waals surface area contributed by atoms with E-state index in [1.54, 1.807) is 0 Å². The molecular weight excluding hydrogens is 348 g/mol. The maximum atomic E-state index is 13.4. The Balaban J connectivity index is 2.23. The number of benzene rings is 1. The van der Waals surface area contributed by atoms with Gasteiger partial charge in [0.1, 0.15) is 6.61 Å². The highest BCUT2D eigenvalue weighted by Gasteiger charge is 2.12. The summed E-state index contributed by atoms with van der Waals surface area (Å²) in [5.41, 5.74) is 0. The van der Waals surface area contributed by atoms with Gasteiger partial charge in [0.2, 0.25) is 0 Å². The summed E-state index contributed by atoms with van der Waals surface area (Å²) in [7, 11) is 0. The van der Waals surface area contributed by atoms with Gasteiger partial charge >= 0.3 is 0 Å². The zero-order valence-electron chi connectivity index (χ0n) is 12.0. The fourth-order valence-electron chi connectivity index (χ4n) is 1.52. The van der Waals surface area contributed by atoms with E-state index in [0.717, 1.165) is 12.1 Å². The molecule has 120 valence electrons. The first-order valence-corrected chi connectivity index (χ1v) is 7.46. The van der Waals surface area contributed by atoms with Gasteiger partial charge < -0.3 is 19.9 Å². The minimum Gasteiger partial charge on any atom is -0.485 e. The number of hydrogen-bond acceptors (Lipinski definition) is 4. The van der Waals surface area contributed by atoms with Crippen LogP contribution in [-0.4, -0.2) is 43.6 Å². The molecule has 0 aromatic heterocycles. The largest absolute Gasteiger partial charge is 0.485 e. The van der Waals surface area contributed by atoms with Crippen LogP contribution in [0.3, 0.4) is 0 Å². The smallest absolute Gasteiger partial charge is 0.190 e. The van der Waals surface area contributed by atoms with Crippen LogP contribution in [0.4, 0.5) is 8.78 Å². The van der Waals surface area contributed by atoms with Crippen molar-refractivity contribution in [1.29, 1.82) is 0 Å². The van der Waals surface area contributed by atoms with Crippen molar-refractivity contribution in [3.05, 3.63) is 28.2 Å². The monoisotopic (exact) mass is 367 g/mol. The highest BCUT2D eigenvalue weighted by atomic mass is 79.9. The van der Waals surface area contributed by atoms with Gasteiger partial charge in [-0.3, -0.25) is 0 Å². The Morgan fingerprint density at radius 1 is 1.24 bits per heavy atom. The average Bonchev–Trinajstić information content (AvgIpc) is 2.38. The number of ether oxygens (including phenoxy) is 2. The van der Waals surface area contributed by atoms with E-state index < -0.39 is 23.5 Å². The van der Waals surface area contributed by atoms with E-state index in [9.17, 15) is 13.9 Å². The molecule has 0 aliphatic rings. The Morgan fingerprint density at radius 2 is 1.86 bits per heavy atom. The lowest BCUT2D eigenvalue weighted by molar-refractivity contribution is 0.0235. The van der Waals surface area contributed by atoms with Crippen molar-refractivity contribution >= 4 is 15.9 Å². The number of hydrogen-bond donors (Lipinski definition) is 2. The Kier molecular flexibility index (Phi) is 8.10. The van der Waals surface area contributed by atoms with Gasteiger partial charge in [-0.2, -0.15) is 0 Å². The van der Waals surface area contributed by atoms with E-state index in [2.05, 4.69) is 21.2 Å². The third kappa shape index (κ3) is 7.17. The van der Waals surface area contributed by atoms with Crippen molar-refractivity contribution in [2.24, 2.45) is 0 Å². The summed E-state index contributed by atoms with van der Waals surface area (Å²) in [5.74, 6) is -1.98. The molecule has 1 atom stereocenters. The van der Waals surface area contributed by atoms with Crippen LogP contribution < -0.4 is 10.1 Å². The Morgan fingerprint density at radius 3 is 2.43 bits per heavy atom. The van der Waals surface area contributed by atoms with Crippen LogP contribution in [0.2, 0.25) is 0 Å². The molecule has 0 radical (unpaired) electrons. The lowest BCUT2D eigenvalue weighted by Gasteiger charge is -2.14. The van der Waals surface area contributed by atoms with Crippen molar-refractivity contribution < 1.29 is 23.4 Å². The number of aliphatic hydroxyl groups excluding tert-OH is 1. The minimum absolute atomic E-state index is 0.000197. The summed E-state index contributed by atoms with van der Waals surface area (Å²) >= 11 is 2.99. The predicted octanol–water partition coefficient (Wildman–Crippen LogP) is 2.48. The number of nitrogens with one attached hydrogen (secondary N) is 1. The summed E-state index contributed by atoms with van der Waals surface area (Å²) in [4.78, 5) is 0. The molecule has 21 heavy (non-hydrogen) atoms. The molecule has 0 spiro atoms. The van der Waals surface area contributed by atoms with E-state index >= 15 is 0 Å².